The molecule has 3 rings (SSSR count). The number of hydrogen-bond donors (Lipinski definition) is 2. The van der Waals surface area contributed by atoms with Gasteiger partial charge in [0.25, 0.3) is 0 Å². The van der Waals surface area contributed by atoms with Crippen LogP contribution in [0.4, 0.5) is 0 Å². The highest BCUT2D eigenvalue weighted by molar-refractivity contribution is 5.48. The van der Waals surface area contributed by atoms with Crippen LogP contribution >= 0.6 is 0 Å². The quantitative estimate of drug-likeness (QED) is 0.405. The van der Waals surface area contributed by atoms with Crippen molar-refractivity contribution in [2.75, 3.05) is 0 Å². The molecule has 0 aliphatic carbocycles. The molecule has 0 spiro atoms. The van der Waals surface area contributed by atoms with Crippen molar-refractivity contribution in [3.8, 4) is 0 Å². The third kappa shape index (κ3) is 6.69. The Bertz CT molecular complexity index is 874. The number of nitrogens with one attached hydrogen (secondary N) is 2. The standard InChI is InChI=1S/C28H34N2/c1-22(26-17-9-5-10-18-26)29-24(3)28(21-13-16-25-14-7-4-8-15-25)30-23(2)27-19-11-6-12-20-27/h4-20,22-24,28-30H,21H2,1-3H3/b16-13+/t22-,23-,24-,28-/m1/s1. The van der Waals surface area contributed by atoms with Crippen molar-refractivity contribution in [1.29, 1.82) is 0 Å². The fraction of sp³-hybridized carbons (Fsp3) is 0.286. The predicted octanol–water partition coefficient (Wildman–Crippen LogP) is 6.55. The Balaban J connectivity index is 1.69. The van der Waals surface area contributed by atoms with Crippen molar-refractivity contribution < 1.29 is 0 Å². The van der Waals surface area contributed by atoms with Crippen molar-refractivity contribution >= 4 is 6.08 Å². The Hall–Kier alpha value is -2.68. The van der Waals surface area contributed by atoms with E-state index in [2.05, 4.69) is 135 Å². The highest BCUT2D eigenvalue weighted by atomic mass is 15.0. The van der Waals surface area contributed by atoms with E-state index < -0.39 is 0 Å². The van der Waals surface area contributed by atoms with Gasteiger partial charge < -0.3 is 10.6 Å². The molecule has 0 amide bonds. The van der Waals surface area contributed by atoms with Crippen molar-refractivity contribution in [2.45, 2.75) is 51.4 Å². The van der Waals surface area contributed by atoms with Crippen LogP contribution in [0.2, 0.25) is 0 Å². The van der Waals surface area contributed by atoms with Crippen molar-refractivity contribution in [3.05, 3.63) is 114 Å². The highest BCUT2D eigenvalue weighted by Crippen LogP contribution is 2.18. The maximum Gasteiger partial charge on any atom is 0.0295 e. The predicted molar refractivity (Wildman–Crippen MR) is 129 cm³/mol. The number of hydrogen-bond acceptors (Lipinski definition) is 2. The molecule has 156 valence electrons. The summed E-state index contributed by atoms with van der Waals surface area (Å²) in [6.07, 6.45) is 5.47. The van der Waals surface area contributed by atoms with Crippen molar-refractivity contribution in [3.63, 3.8) is 0 Å². The highest BCUT2D eigenvalue weighted by Gasteiger charge is 2.20. The largest absolute Gasteiger partial charge is 0.306 e. The molecule has 0 radical (unpaired) electrons. The second kappa shape index (κ2) is 11.5. The van der Waals surface area contributed by atoms with E-state index in [0.29, 0.717) is 18.1 Å². The monoisotopic (exact) mass is 398 g/mol. The summed E-state index contributed by atoms with van der Waals surface area (Å²) in [5, 5.41) is 7.67. The molecule has 0 heterocycles. The maximum atomic E-state index is 3.86. The third-order valence-electron chi connectivity index (χ3n) is 5.68. The van der Waals surface area contributed by atoms with Gasteiger partial charge in [-0.2, -0.15) is 0 Å². The molecule has 4 atom stereocenters. The first-order chi connectivity index (χ1) is 14.6. The van der Waals surface area contributed by atoms with Gasteiger partial charge in [0.1, 0.15) is 0 Å². The lowest BCUT2D eigenvalue weighted by atomic mass is 9.99. The van der Waals surface area contributed by atoms with Gasteiger partial charge in [-0.1, -0.05) is 103 Å². The fourth-order valence-corrected chi connectivity index (χ4v) is 3.84. The lowest BCUT2D eigenvalue weighted by molar-refractivity contribution is 0.339. The Morgan fingerprint density at radius 1 is 0.633 bits per heavy atom. The van der Waals surface area contributed by atoms with Gasteiger partial charge in [0.15, 0.2) is 0 Å². The van der Waals surface area contributed by atoms with Gasteiger partial charge in [-0.05, 0) is 43.9 Å². The first-order valence-electron chi connectivity index (χ1n) is 11.0. The van der Waals surface area contributed by atoms with E-state index in [4.69, 9.17) is 0 Å². The van der Waals surface area contributed by atoms with Crippen LogP contribution in [0.25, 0.3) is 6.08 Å². The Morgan fingerprint density at radius 3 is 1.63 bits per heavy atom. The number of rotatable bonds is 10. The van der Waals surface area contributed by atoms with Crippen LogP contribution in [-0.4, -0.2) is 12.1 Å². The Kier molecular flexibility index (Phi) is 8.43. The van der Waals surface area contributed by atoms with Crippen molar-refractivity contribution in [2.24, 2.45) is 0 Å². The normalized spacial score (nSPS) is 15.6. The summed E-state index contributed by atoms with van der Waals surface area (Å²) < 4.78 is 0. The van der Waals surface area contributed by atoms with Crippen LogP contribution in [-0.2, 0) is 0 Å². The molecule has 0 aromatic heterocycles. The molecule has 3 aromatic rings. The van der Waals surface area contributed by atoms with Crippen LogP contribution < -0.4 is 10.6 Å². The third-order valence-corrected chi connectivity index (χ3v) is 5.68. The molecule has 0 saturated carbocycles. The second-order valence-electron chi connectivity index (χ2n) is 8.04. The molecule has 0 unspecified atom stereocenters. The van der Waals surface area contributed by atoms with Crippen LogP contribution in [0.1, 0.15) is 56.0 Å². The van der Waals surface area contributed by atoms with E-state index >= 15 is 0 Å². The van der Waals surface area contributed by atoms with Gasteiger partial charge in [0.2, 0.25) is 0 Å². The summed E-state index contributed by atoms with van der Waals surface area (Å²) in [5.41, 5.74) is 3.88. The summed E-state index contributed by atoms with van der Waals surface area (Å²) in [7, 11) is 0. The summed E-state index contributed by atoms with van der Waals surface area (Å²) in [6, 6.07) is 33.1. The van der Waals surface area contributed by atoms with Gasteiger partial charge in [-0.25, -0.2) is 0 Å². The van der Waals surface area contributed by atoms with Gasteiger partial charge in [-0.15, -0.1) is 0 Å². The fourth-order valence-electron chi connectivity index (χ4n) is 3.84. The zero-order chi connectivity index (χ0) is 21.2. The van der Waals surface area contributed by atoms with Crippen LogP contribution in [0, 0.1) is 0 Å². The smallest absolute Gasteiger partial charge is 0.0295 e. The Labute approximate surface area is 182 Å². The molecular formula is C28H34N2. The van der Waals surface area contributed by atoms with E-state index in [1.807, 2.05) is 0 Å². The summed E-state index contributed by atoms with van der Waals surface area (Å²) in [5.74, 6) is 0. The summed E-state index contributed by atoms with van der Waals surface area (Å²) >= 11 is 0. The van der Waals surface area contributed by atoms with Crippen LogP contribution in [0.15, 0.2) is 97.1 Å². The van der Waals surface area contributed by atoms with E-state index in [-0.39, 0.29) is 6.04 Å². The average Bonchev–Trinajstić information content (AvgIpc) is 2.80. The summed E-state index contributed by atoms with van der Waals surface area (Å²) in [6.45, 7) is 6.77. The first kappa shape index (κ1) is 22.0. The SMILES string of the molecule is C[C@@H](N[C@H](C)[C@@H](C/C=C/c1ccccc1)N[C@H](C)c1ccccc1)c1ccccc1. The zero-order valence-electron chi connectivity index (χ0n) is 18.3. The number of benzene rings is 3. The molecule has 0 saturated heterocycles. The molecule has 30 heavy (non-hydrogen) atoms. The average molecular weight is 399 g/mol. The molecule has 2 nitrogen and oxygen atoms in total. The molecule has 3 aromatic carbocycles. The zero-order valence-corrected chi connectivity index (χ0v) is 18.3. The minimum Gasteiger partial charge on any atom is -0.306 e. The van der Waals surface area contributed by atoms with Gasteiger partial charge in [0, 0.05) is 24.2 Å². The van der Waals surface area contributed by atoms with Gasteiger partial charge in [0.05, 0.1) is 0 Å². The molecule has 0 fully saturated rings. The topological polar surface area (TPSA) is 24.1 Å². The van der Waals surface area contributed by atoms with E-state index in [0.717, 1.165) is 6.42 Å². The molecule has 2 heteroatoms. The van der Waals surface area contributed by atoms with Crippen LogP contribution in [0.5, 0.6) is 0 Å². The van der Waals surface area contributed by atoms with E-state index in [1.165, 1.54) is 16.7 Å². The van der Waals surface area contributed by atoms with E-state index in [1.54, 1.807) is 0 Å². The molecular weight excluding hydrogens is 364 g/mol. The summed E-state index contributed by atoms with van der Waals surface area (Å²) in [4.78, 5) is 0. The lowest BCUT2D eigenvalue weighted by Crippen LogP contribution is -2.47. The van der Waals surface area contributed by atoms with Crippen molar-refractivity contribution in [1.82, 2.24) is 10.6 Å². The molecule has 0 bridgehead atoms. The lowest BCUT2D eigenvalue weighted by Gasteiger charge is -2.31. The molecule has 0 aliphatic rings. The maximum absolute atomic E-state index is 3.86. The Morgan fingerprint density at radius 2 is 1.10 bits per heavy atom. The van der Waals surface area contributed by atoms with Gasteiger partial charge >= 0.3 is 0 Å². The van der Waals surface area contributed by atoms with E-state index in [9.17, 15) is 0 Å². The molecule has 0 aliphatic heterocycles. The van der Waals surface area contributed by atoms with Gasteiger partial charge in [-0.3, -0.25) is 0 Å². The first-order valence-corrected chi connectivity index (χ1v) is 11.0. The van der Waals surface area contributed by atoms with Crippen LogP contribution in [0.3, 0.4) is 0 Å². The second-order valence-corrected chi connectivity index (χ2v) is 8.04. The minimum atomic E-state index is 0.289. The minimum absolute atomic E-state index is 0.289. The molecule has 2 N–H and O–H groups in total.